The Morgan fingerprint density at radius 3 is 2.88 bits per heavy atom. The smallest absolute Gasteiger partial charge is 0.0931 e. The minimum atomic E-state index is 0.870. The summed E-state index contributed by atoms with van der Waals surface area (Å²) >= 11 is 7.52. The van der Waals surface area contributed by atoms with Crippen LogP contribution in [0, 0.1) is 0 Å². The number of thiophene rings is 1. The third-order valence-corrected chi connectivity index (χ3v) is 4.09. The van der Waals surface area contributed by atoms with E-state index in [0.717, 1.165) is 43.7 Å². The van der Waals surface area contributed by atoms with Crippen molar-refractivity contribution in [1.82, 2.24) is 10.2 Å². The summed E-state index contributed by atoms with van der Waals surface area (Å²) in [6, 6.07) is 4.04. The van der Waals surface area contributed by atoms with Crippen molar-refractivity contribution in [1.29, 1.82) is 0 Å². The van der Waals surface area contributed by atoms with Gasteiger partial charge in [-0.05, 0) is 31.6 Å². The molecule has 2 rings (SSSR count). The highest BCUT2D eigenvalue weighted by Crippen LogP contribution is 2.20. The van der Waals surface area contributed by atoms with Gasteiger partial charge in [-0.2, -0.15) is 0 Å². The van der Waals surface area contributed by atoms with Crippen LogP contribution in [0.25, 0.3) is 0 Å². The van der Waals surface area contributed by atoms with Crippen molar-refractivity contribution in [2.45, 2.75) is 13.0 Å². The summed E-state index contributed by atoms with van der Waals surface area (Å²) in [6.07, 6.45) is 1.19. The molecule has 17 heavy (non-hydrogen) atoms. The van der Waals surface area contributed by atoms with E-state index in [2.05, 4.69) is 16.3 Å². The summed E-state index contributed by atoms with van der Waals surface area (Å²) in [5.74, 6) is 0. The molecule has 2 heterocycles. The number of ether oxygens (including phenoxy) is 1. The molecule has 0 radical (unpaired) electrons. The van der Waals surface area contributed by atoms with Crippen LogP contribution in [0.4, 0.5) is 0 Å². The topological polar surface area (TPSA) is 24.5 Å². The average molecular weight is 275 g/mol. The predicted molar refractivity (Wildman–Crippen MR) is 72.9 cm³/mol. The van der Waals surface area contributed by atoms with Gasteiger partial charge in [-0.3, -0.25) is 4.90 Å². The van der Waals surface area contributed by atoms with Crippen LogP contribution in [0.15, 0.2) is 12.1 Å². The van der Waals surface area contributed by atoms with Crippen molar-refractivity contribution in [3.05, 3.63) is 21.3 Å². The second-order valence-corrected chi connectivity index (χ2v) is 5.99. The van der Waals surface area contributed by atoms with Crippen molar-refractivity contribution >= 4 is 22.9 Å². The summed E-state index contributed by atoms with van der Waals surface area (Å²) in [4.78, 5) is 3.77. The Kier molecular flexibility index (Phi) is 5.74. The minimum Gasteiger partial charge on any atom is -0.379 e. The van der Waals surface area contributed by atoms with Gasteiger partial charge < -0.3 is 10.1 Å². The number of nitrogens with one attached hydrogen (secondary N) is 1. The van der Waals surface area contributed by atoms with Crippen LogP contribution < -0.4 is 5.32 Å². The molecule has 1 aromatic rings. The van der Waals surface area contributed by atoms with E-state index >= 15 is 0 Å². The van der Waals surface area contributed by atoms with E-state index in [9.17, 15) is 0 Å². The van der Waals surface area contributed by atoms with E-state index in [4.69, 9.17) is 16.3 Å². The normalized spacial score (nSPS) is 17.5. The van der Waals surface area contributed by atoms with Crippen LogP contribution in [0.2, 0.25) is 4.34 Å². The van der Waals surface area contributed by atoms with E-state index in [1.165, 1.54) is 17.8 Å². The fourth-order valence-corrected chi connectivity index (χ4v) is 2.97. The molecule has 0 aliphatic carbocycles. The number of nitrogens with zero attached hydrogens (tertiary/aromatic N) is 1. The second kappa shape index (κ2) is 7.34. The first kappa shape index (κ1) is 13.3. The molecule has 0 atom stereocenters. The average Bonchev–Trinajstić information content (AvgIpc) is 2.76. The fraction of sp³-hybridized carbons (Fsp3) is 0.667. The van der Waals surface area contributed by atoms with E-state index in [0.29, 0.717) is 0 Å². The zero-order valence-corrected chi connectivity index (χ0v) is 11.5. The molecule has 1 aliphatic rings. The maximum atomic E-state index is 5.87. The Bertz CT molecular complexity index is 326. The Morgan fingerprint density at radius 1 is 1.35 bits per heavy atom. The lowest BCUT2D eigenvalue weighted by Gasteiger charge is -2.26. The molecule has 0 bridgehead atoms. The van der Waals surface area contributed by atoms with Crippen molar-refractivity contribution in [3.8, 4) is 0 Å². The Balaban J connectivity index is 1.51. The van der Waals surface area contributed by atoms with Gasteiger partial charge in [0.25, 0.3) is 0 Å². The molecule has 1 aliphatic heterocycles. The minimum absolute atomic E-state index is 0.870. The van der Waals surface area contributed by atoms with Crippen LogP contribution in [0.1, 0.15) is 11.3 Å². The number of rotatable bonds is 6. The lowest BCUT2D eigenvalue weighted by molar-refractivity contribution is 0.0374. The molecule has 0 saturated carbocycles. The maximum Gasteiger partial charge on any atom is 0.0931 e. The summed E-state index contributed by atoms with van der Waals surface area (Å²) in [7, 11) is 0. The fourth-order valence-electron chi connectivity index (χ4n) is 1.91. The van der Waals surface area contributed by atoms with Gasteiger partial charge in [0, 0.05) is 24.5 Å². The largest absolute Gasteiger partial charge is 0.379 e. The molecule has 5 heteroatoms. The number of hydrogen-bond acceptors (Lipinski definition) is 4. The maximum absolute atomic E-state index is 5.87. The Hall–Kier alpha value is -0.130. The molecular weight excluding hydrogens is 256 g/mol. The van der Waals surface area contributed by atoms with Crippen LogP contribution in [-0.4, -0.2) is 44.3 Å². The van der Waals surface area contributed by atoms with Gasteiger partial charge in [0.15, 0.2) is 0 Å². The lowest BCUT2D eigenvalue weighted by Crippen LogP contribution is -2.37. The van der Waals surface area contributed by atoms with Gasteiger partial charge in [0.1, 0.15) is 0 Å². The van der Waals surface area contributed by atoms with E-state index in [-0.39, 0.29) is 0 Å². The highest BCUT2D eigenvalue weighted by molar-refractivity contribution is 7.16. The second-order valence-electron chi connectivity index (χ2n) is 4.19. The zero-order chi connectivity index (χ0) is 11.9. The SMILES string of the molecule is Clc1ccc(CNCCCN2CCOCC2)s1. The van der Waals surface area contributed by atoms with E-state index in [1.807, 2.05) is 6.07 Å². The highest BCUT2D eigenvalue weighted by Gasteiger charge is 2.08. The van der Waals surface area contributed by atoms with E-state index in [1.54, 1.807) is 11.3 Å². The van der Waals surface area contributed by atoms with Gasteiger partial charge in [0.05, 0.1) is 17.6 Å². The summed E-state index contributed by atoms with van der Waals surface area (Å²) in [6.45, 7) is 7.11. The molecule has 1 aromatic heterocycles. The van der Waals surface area contributed by atoms with E-state index < -0.39 is 0 Å². The van der Waals surface area contributed by atoms with Gasteiger partial charge in [0.2, 0.25) is 0 Å². The number of morpholine rings is 1. The van der Waals surface area contributed by atoms with Crippen LogP contribution >= 0.6 is 22.9 Å². The Morgan fingerprint density at radius 2 is 2.18 bits per heavy atom. The van der Waals surface area contributed by atoms with Gasteiger partial charge >= 0.3 is 0 Å². The molecule has 0 spiro atoms. The van der Waals surface area contributed by atoms with Crippen molar-refractivity contribution in [2.24, 2.45) is 0 Å². The van der Waals surface area contributed by atoms with Gasteiger partial charge in [-0.25, -0.2) is 0 Å². The molecule has 1 fully saturated rings. The van der Waals surface area contributed by atoms with Gasteiger partial charge in [-0.15, -0.1) is 11.3 Å². The first-order valence-electron chi connectivity index (χ1n) is 6.09. The zero-order valence-electron chi connectivity index (χ0n) is 9.95. The first-order valence-corrected chi connectivity index (χ1v) is 7.29. The van der Waals surface area contributed by atoms with Crippen LogP contribution in [-0.2, 0) is 11.3 Å². The molecule has 0 unspecified atom stereocenters. The third-order valence-electron chi connectivity index (χ3n) is 2.86. The molecule has 96 valence electrons. The quantitative estimate of drug-likeness (QED) is 0.805. The standard InChI is InChI=1S/C12H19ClN2OS/c13-12-3-2-11(17-12)10-14-4-1-5-15-6-8-16-9-7-15/h2-3,14H,1,4-10H2. The summed E-state index contributed by atoms with van der Waals surface area (Å²) in [5, 5.41) is 3.45. The number of hydrogen-bond donors (Lipinski definition) is 1. The van der Waals surface area contributed by atoms with Crippen molar-refractivity contribution in [3.63, 3.8) is 0 Å². The first-order chi connectivity index (χ1) is 8.34. The van der Waals surface area contributed by atoms with Crippen molar-refractivity contribution in [2.75, 3.05) is 39.4 Å². The molecule has 0 amide bonds. The van der Waals surface area contributed by atoms with Crippen LogP contribution in [0.5, 0.6) is 0 Å². The van der Waals surface area contributed by atoms with Crippen molar-refractivity contribution < 1.29 is 4.74 Å². The molecular formula is C12H19ClN2OS. The van der Waals surface area contributed by atoms with Crippen LogP contribution in [0.3, 0.4) is 0 Å². The number of halogens is 1. The highest BCUT2D eigenvalue weighted by atomic mass is 35.5. The molecule has 0 aromatic carbocycles. The van der Waals surface area contributed by atoms with Gasteiger partial charge in [-0.1, -0.05) is 11.6 Å². The molecule has 1 N–H and O–H groups in total. The molecule has 3 nitrogen and oxygen atoms in total. The predicted octanol–water partition coefficient (Wildman–Crippen LogP) is 2.21. The summed E-state index contributed by atoms with van der Waals surface area (Å²) in [5.41, 5.74) is 0. The lowest BCUT2D eigenvalue weighted by atomic mass is 10.3. The Labute approximate surface area is 112 Å². The monoisotopic (exact) mass is 274 g/mol. The third kappa shape index (κ3) is 4.94. The summed E-state index contributed by atoms with van der Waals surface area (Å²) < 4.78 is 6.19. The molecule has 1 saturated heterocycles.